The van der Waals surface area contributed by atoms with Gasteiger partial charge in [-0.25, -0.2) is 4.79 Å². The molecule has 2 saturated carbocycles. The third-order valence-corrected chi connectivity index (χ3v) is 11.5. The summed E-state index contributed by atoms with van der Waals surface area (Å²) in [4.78, 5) is 57.6. The smallest absolute Gasteiger partial charge is 0.338 e. The summed E-state index contributed by atoms with van der Waals surface area (Å²) in [5.74, 6) is -1.09. The van der Waals surface area contributed by atoms with Crippen molar-refractivity contribution in [3.05, 3.63) is 79.8 Å². The van der Waals surface area contributed by atoms with Crippen LogP contribution in [0.5, 0.6) is 0 Å². The number of esters is 1. The van der Waals surface area contributed by atoms with Gasteiger partial charge in [-0.2, -0.15) is 0 Å². The highest BCUT2D eigenvalue weighted by Crippen LogP contribution is 2.68. The average molecular weight is 547 g/mol. The first-order chi connectivity index (χ1) is 18.4. The van der Waals surface area contributed by atoms with Gasteiger partial charge in [0.1, 0.15) is 0 Å². The van der Waals surface area contributed by atoms with Crippen LogP contribution in [0.3, 0.4) is 0 Å². The molecule has 7 nitrogen and oxygen atoms in total. The third-order valence-electron chi connectivity index (χ3n) is 8.88. The highest BCUT2D eigenvalue weighted by Gasteiger charge is 2.69. The summed E-state index contributed by atoms with van der Waals surface area (Å²) in [5.41, 5.74) is 3.26. The van der Waals surface area contributed by atoms with E-state index in [4.69, 9.17) is 4.74 Å². The second-order valence-electron chi connectivity index (χ2n) is 10.6. The van der Waals surface area contributed by atoms with E-state index in [2.05, 4.69) is 24.0 Å². The van der Waals surface area contributed by atoms with Crippen molar-refractivity contribution in [3.8, 4) is 0 Å². The SMILES string of the molecule is CCOC(=O)c1ccc(N2C(=O)C3C(C2=O)[C@@H]2C[C@H]3C3Sc4[nH]c(=O)sc4C(c4ccccc4C)C32)cc1. The quantitative estimate of drug-likeness (QED) is 0.380. The van der Waals surface area contributed by atoms with E-state index in [0.29, 0.717) is 11.3 Å². The minimum absolute atomic E-state index is 0.0261. The molecule has 0 radical (unpaired) electrons. The number of thiazole rings is 1. The highest BCUT2D eigenvalue weighted by molar-refractivity contribution is 8.00. The molecule has 2 amide bonds. The number of H-pyrrole nitrogens is 1. The number of ether oxygens (including phenoxy) is 1. The summed E-state index contributed by atoms with van der Waals surface area (Å²) in [7, 11) is 0. The molecule has 7 atom stereocenters. The monoisotopic (exact) mass is 546 g/mol. The number of carbonyl (C=O) groups is 3. The van der Waals surface area contributed by atoms with Crippen LogP contribution in [-0.4, -0.2) is 34.6 Å². The van der Waals surface area contributed by atoms with Crippen LogP contribution in [0.4, 0.5) is 5.69 Å². The summed E-state index contributed by atoms with van der Waals surface area (Å²) in [6, 6.07) is 14.8. The van der Waals surface area contributed by atoms with Gasteiger partial charge in [0.05, 0.1) is 34.7 Å². The Bertz CT molecular complexity index is 1540. The van der Waals surface area contributed by atoms with Crippen molar-refractivity contribution in [1.82, 2.24) is 4.98 Å². The molecule has 2 aliphatic carbocycles. The number of amides is 2. The molecule has 3 heterocycles. The second-order valence-corrected chi connectivity index (χ2v) is 12.8. The van der Waals surface area contributed by atoms with Crippen LogP contribution in [0.25, 0.3) is 0 Å². The zero-order valence-corrected chi connectivity index (χ0v) is 22.5. The van der Waals surface area contributed by atoms with E-state index in [1.54, 1.807) is 43.0 Å². The fourth-order valence-electron chi connectivity index (χ4n) is 7.52. The molecule has 3 fully saturated rings. The zero-order valence-electron chi connectivity index (χ0n) is 20.9. The van der Waals surface area contributed by atoms with Crippen molar-refractivity contribution in [2.75, 3.05) is 11.5 Å². The van der Waals surface area contributed by atoms with E-state index >= 15 is 0 Å². The number of rotatable bonds is 4. The molecular weight excluding hydrogens is 520 g/mol. The predicted molar refractivity (Wildman–Crippen MR) is 145 cm³/mol. The number of anilines is 1. The molecule has 2 aromatic carbocycles. The molecular formula is C29H26N2O5S2. The number of imide groups is 1. The normalized spacial score (nSPS) is 30.8. The minimum atomic E-state index is -0.429. The van der Waals surface area contributed by atoms with E-state index in [-0.39, 0.29) is 64.1 Å². The van der Waals surface area contributed by atoms with Crippen molar-refractivity contribution in [2.24, 2.45) is 29.6 Å². The molecule has 194 valence electrons. The van der Waals surface area contributed by atoms with E-state index in [1.165, 1.54) is 27.4 Å². The Kier molecular flexibility index (Phi) is 5.46. The summed E-state index contributed by atoms with van der Waals surface area (Å²) in [5, 5.41) is 1.08. The topological polar surface area (TPSA) is 96.5 Å². The van der Waals surface area contributed by atoms with Crippen molar-refractivity contribution < 1.29 is 19.1 Å². The van der Waals surface area contributed by atoms with Gasteiger partial charge in [0.25, 0.3) is 0 Å². The maximum absolute atomic E-state index is 13.9. The maximum Gasteiger partial charge on any atom is 0.338 e. The van der Waals surface area contributed by atoms with Gasteiger partial charge in [0, 0.05) is 16.0 Å². The number of thioether (sulfide) groups is 1. The third kappa shape index (κ3) is 3.27. The minimum Gasteiger partial charge on any atom is -0.462 e. The number of aromatic nitrogens is 1. The molecule has 9 heteroatoms. The fraction of sp³-hybridized carbons (Fsp3) is 0.379. The average Bonchev–Trinajstić information content (AvgIpc) is 3.64. The zero-order chi connectivity index (χ0) is 26.3. The van der Waals surface area contributed by atoms with Gasteiger partial charge in [-0.05, 0) is 73.4 Å². The molecule has 0 spiro atoms. The van der Waals surface area contributed by atoms with Gasteiger partial charge in [-0.3, -0.25) is 19.3 Å². The van der Waals surface area contributed by atoms with Gasteiger partial charge in [-0.1, -0.05) is 35.6 Å². The molecule has 7 rings (SSSR count). The maximum atomic E-state index is 13.9. The first-order valence-corrected chi connectivity index (χ1v) is 14.7. The first kappa shape index (κ1) is 23.9. The molecule has 4 aliphatic rings. The Morgan fingerprint density at radius 2 is 1.74 bits per heavy atom. The predicted octanol–water partition coefficient (Wildman–Crippen LogP) is 4.60. The van der Waals surface area contributed by atoms with Crippen molar-refractivity contribution in [1.29, 1.82) is 0 Å². The molecule has 38 heavy (non-hydrogen) atoms. The van der Waals surface area contributed by atoms with Crippen LogP contribution >= 0.6 is 23.1 Å². The largest absolute Gasteiger partial charge is 0.462 e. The van der Waals surface area contributed by atoms with E-state index in [0.717, 1.165) is 16.3 Å². The Hall–Kier alpha value is -3.17. The lowest BCUT2D eigenvalue weighted by Gasteiger charge is -2.43. The van der Waals surface area contributed by atoms with Crippen molar-refractivity contribution in [2.45, 2.75) is 36.5 Å². The van der Waals surface area contributed by atoms with E-state index in [1.807, 2.05) is 12.1 Å². The molecule has 5 unspecified atom stereocenters. The van der Waals surface area contributed by atoms with Crippen LogP contribution in [-0.2, 0) is 14.3 Å². The summed E-state index contributed by atoms with van der Waals surface area (Å²) < 4.78 is 5.06. The lowest BCUT2D eigenvalue weighted by molar-refractivity contribution is -0.123. The van der Waals surface area contributed by atoms with Gasteiger partial charge >= 0.3 is 10.8 Å². The number of aromatic amines is 1. The number of fused-ring (bicyclic) bond motifs is 9. The Morgan fingerprint density at radius 3 is 2.45 bits per heavy atom. The van der Waals surface area contributed by atoms with Crippen LogP contribution in [0.2, 0.25) is 0 Å². The van der Waals surface area contributed by atoms with Crippen LogP contribution in [0.15, 0.2) is 58.4 Å². The number of hydrogen-bond acceptors (Lipinski definition) is 7. The molecule has 2 aliphatic heterocycles. The fourth-order valence-corrected chi connectivity index (χ4v) is 10.4. The standard InChI is InChI=1S/C29H26N2O5S2/c1-3-36-28(34)14-8-10-15(11-9-14)31-26(32)21-17-12-18(22(21)27(31)33)23-20(17)19(16-7-5-4-6-13(16)2)24-25(37-23)30-29(35)38-24/h4-11,17-23H,3,12H2,1-2H3,(H,30,35)/t17-,18-,19?,20?,21?,22?,23?/m1/s1. The van der Waals surface area contributed by atoms with Gasteiger partial charge < -0.3 is 9.72 Å². The van der Waals surface area contributed by atoms with Gasteiger partial charge in [0.15, 0.2) is 0 Å². The van der Waals surface area contributed by atoms with Crippen molar-refractivity contribution in [3.63, 3.8) is 0 Å². The Morgan fingerprint density at radius 1 is 1.03 bits per heavy atom. The summed E-state index contributed by atoms with van der Waals surface area (Å²) in [6.45, 7) is 4.13. The number of benzene rings is 2. The van der Waals surface area contributed by atoms with E-state index < -0.39 is 5.97 Å². The first-order valence-electron chi connectivity index (χ1n) is 13.0. The van der Waals surface area contributed by atoms with Gasteiger partial charge in [0.2, 0.25) is 11.8 Å². The second kappa shape index (κ2) is 8.68. The van der Waals surface area contributed by atoms with Crippen molar-refractivity contribution >= 4 is 46.6 Å². The van der Waals surface area contributed by atoms with Crippen LogP contribution in [0.1, 0.15) is 45.6 Å². The Balaban J connectivity index is 1.26. The molecule has 1 aromatic heterocycles. The number of carbonyl (C=O) groups excluding carboxylic acids is 3. The summed E-state index contributed by atoms with van der Waals surface area (Å²) >= 11 is 2.97. The number of nitrogens with one attached hydrogen (secondary N) is 1. The van der Waals surface area contributed by atoms with Crippen LogP contribution in [0, 0.1) is 36.5 Å². The summed E-state index contributed by atoms with van der Waals surface area (Å²) in [6.07, 6.45) is 0.854. The van der Waals surface area contributed by atoms with E-state index in [9.17, 15) is 19.2 Å². The molecule has 1 saturated heterocycles. The van der Waals surface area contributed by atoms with Gasteiger partial charge in [-0.15, -0.1) is 11.8 Å². The van der Waals surface area contributed by atoms with Crippen LogP contribution < -0.4 is 9.77 Å². The highest BCUT2D eigenvalue weighted by atomic mass is 32.2. The number of nitrogens with zero attached hydrogens (tertiary/aromatic N) is 1. The Labute approximate surface area is 227 Å². The molecule has 3 aromatic rings. The molecule has 1 N–H and O–H groups in total. The number of hydrogen-bond donors (Lipinski definition) is 1. The lowest BCUT2D eigenvalue weighted by Crippen LogP contribution is -2.42. The number of aryl methyl sites for hydroxylation is 1. The molecule has 2 bridgehead atoms. The lowest BCUT2D eigenvalue weighted by atomic mass is 9.67.